The van der Waals surface area contributed by atoms with Crippen molar-refractivity contribution in [3.8, 4) is 17.2 Å². The van der Waals surface area contributed by atoms with Crippen molar-refractivity contribution in [3.63, 3.8) is 0 Å². The van der Waals surface area contributed by atoms with Gasteiger partial charge in [0.1, 0.15) is 5.75 Å². The van der Waals surface area contributed by atoms with Gasteiger partial charge in [-0.15, -0.1) is 0 Å². The summed E-state index contributed by atoms with van der Waals surface area (Å²) in [6, 6.07) is 22.7. The molecule has 0 aliphatic rings. The van der Waals surface area contributed by atoms with Crippen molar-refractivity contribution >= 4 is 19.4 Å². The van der Waals surface area contributed by atoms with Gasteiger partial charge in [0.25, 0.3) is 0 Å². The number of aliphatic hydroxyl groups excluding tert-OH is 1. The number of hydrogen-bond acceptors (Lipinski definition) is 4. The van der Waals surface area contributed by atoms with Gasteiger partial charge in [0, 0.05) is 17.5 Å². The molecule has 1 unspecified atom stereocenters. The zero-order valence-corrected chi connectivity index (χ0v) is 20.8. The molecule has 1 atom stereocenters. The van der Waals surface area contributed by atoms with Crippen molar-refractivity contribution < 1.29 is 19.0 Å². The largest absolute Gasteiger partial charge is 0.530 e. The van der Waals surface area contributed by atoms with E-state index in [4.69, 9.17) is 13.9 Å². The Labute approximate surface area is 193 Å². The van der Waals surface area contributed by atoms with E-state index in [0.29, 0.717) is 17.9 Å². The Morgan fingerprint density at radius 3 is 1.78 bits per heavy atom. The highest BCUT2D eigenvalue weighted by Gasteiger charge is 2.31. The summed E-state index contributed by atoms with van der Waals surface area (Å²) in [6.07, 6.45) is -0.134. The van der Waals surface area contributed by atoms with Gasteiger partial charge in [-0.3, -0.25) is 0 Å². The van der Waals surface area contributed by atoms with Crippen molar-refractivity contribution in [2.45, 2.75) is 45.6 Å². The molecule has 0 aromatic heterocycles. The molecule has 0 fully saturated rings. The van der Waals surface area contributed by atoms with E-state index >= 15 is 0 Å². The molecular formula is C27H33O4Si. The van der Waals surface area contributed by atoms with Gasteiger partial charge in [-0.2, -0.15) is 0 Å². The number of rotatable bonds is 8. The molecule has 169 valence electrons. The van der Waals surface area contributed by atoms with Crippen LogP contribution in [0.15, 0.2) is 66.7 Å². The van der Waals surface area contributed by atoms with E-state index in [0.717, 1.165) is 27.2 Å². The Hall–Kier alpha value is -2.76. The van der Waals surface area contributed by atoms with Crippen LogP contribution in [0.3, 0.4) is 0 Å². The van der Waals surface area contributed by atoms with E-state index in [1.54, 1.807) is 21.1 Å². The molecule has 1 radical (unpaired) electrons. The molecule has 0 aliphatic heterocycles. The Balaban J connectivity index is 2.25. The zero-order chi connectivity index (χ0) is 23.3. The quantitative estimate of drug-likeness (QED) is 0.526. The second-order valence-corrected chi connectivity index (χ2v) is 11.0. The third kappa shape index (κ3) is 5.34. The lowest BCUT2D eigenvalue weighted by atomic mass is 9.84. The second-order valence-electron chi connectivity index (χ2n) is 8.93. The highest BCUT2D eigenvalue weighted by Crippen LogP contribution is 2.46. The van der Waals surface area contributed by atoms with Crippen LogP contribution >= 0.6 is 0 Å². The second kappa shape index (κ2) is 10.2. The average Bonchev–Trinajstić information content (AvgIpc) is 2.77. The number of benzene rings is 3. The minimum atomic E-state index is -1.61. The first-order valence-electron chi connectivity index (χ1n) is 10.9. The third-order valence-corrected chi connectivity index (χ3v) is 7.43. The van der Waals surface area contributed by atoms with Crippen molar-refractivity contribution in [1.29, 1.82) is 0 Å². The van der Waals surface area contributed by atoms with Crippen LogP contribution in [0.4, 0.5) is 0 Å². The first kappa shape index (κ1) is 23.9. The predicted molar refractivity (Wildman–Crippen MR) is 132 cm³/mol. The number of ether oxygens (including phenoxy) is 2. The summed E-state index contributed by atoms with van der Waals surface area (Å²) < 4.78 is 18.6. The van der Waals surface area contributed by atoms with Crippen molar-refractivity contribution in [1.82, 2.24) is 0 Å². The fourth-order valence-electron chi connectivity index (χ4n) is 3.77. The normalized spacial score (nSPS) is 12.5. The molecule has 1 N–H and O–H groups in total. The monoisotopic (exact) mass is 449 g/mol. The molecule has 4 nitrogen and oxygen atoms in total. The molecule has 3 aromatic carbocycles. The molecular weight excluding hydrogens is 416 g/mol. The fraction of sp³-hybridized carbons (Fsp3) is 0.333. The molecule has 0 aliphatic carbocycles. The van der Waals surface area contributed by atoms with E-state index in [2.05, 4.69) is 45.0 Å². The van der Waals surface area contributed by atoms with Gasteiger partial charge in [0.2, 0.25) is 0 Å². The summed E-state index contributed by atoms with van der Waals surface area (Å²) in [4.78, 5) is 0. The molecule has 32 heavy (non-hydrogen) atoms. The molecule has 3 aromatic rings. The minimum absolute atomic E-state index is 0.209. The minimum Gasteiger partial charge on any atom is -0.530 e. The molecule has 0 bridgehead atoms. The smallest absolute Gasteiger partial charge is 0.352 e. The number of hydrogen-bond donors (Lipinski definition) is 1. The standard InChI is InChI=1S/C27H33O4Si/c1-19(28)17-22-24(29-5)18-23(27(2,3)4)26(25(22)30-6)31-32(20-13-9-7-10-14-20)21-15-11-8-12-16-21/h7-16,18-19,28H,17H2,1-6H3. The number of methoxy groups -OCH3 is 2. The molecule has 0 saturated carbocycles. The molecule has 0 saturated heterocycles. The van der Waals surface area contributed by atoms with E-state index < -0.39 is 15.1 Å². The van der Waals surface area contributed by atoms with Crippen LogP contribution in [0.25, 0.3) is 0 Å². The van der Waals surface area contributed by atoms with Crippen molar-refractivity contribution in [2.75, 3.05) is 14.2 Å². The van der Waals surface area contributed by atoms with Gasteiger partial charge < -0.3 is 19.0 Å². The van der Waals surface area contributed by atoms with Crippen LogP contribution in [-0.2, 0) is 11.8 Å². The summed E-state index contributed by atoms with van der Waals surface area (Å²) in [7, 11) is 1.69. The van der Waals surface area contributed by atoms with E-state index in [-0.39, 0.29) is 5.41 Å². The van der Waals surface area contributed by atoms with Crippen molar-refractivity contribution in [2.24, 2.45) is 0 Å². The van der Waals surface area contributed by atoms with E-state index in [1.807, 2.05) is 42.5 Å². The molecule has 3 rings (SSSR count). The Kier molecular flexibility index (Phi) is 7.64. The average molecular weight is 450 g/mol. The molecule has 5 heteroatoms. The first-order chi connectivity index (χ1) is 15.3. The van der Waals surface area contributed by atoms with Gasteiger partial charge >= 0.3 is 9.04 Å². The van der Waals surface area contributed by atoms with Crippen LogP contribution in [-0.4, -0.2) is 34.5 Å². The van der Waals surface area contributed by atoms with Gasteiger partial charge in [0.05, 0.1) is 20.3 Å². The highest BCUT2D eigenvalue weighted by atomic mass is 28.3. The number of aliphatic hydroxyl groups is 1. The lowest BCUT2D eigenvalue weighted by molar-refractivity contribution is 0.192. The van der Waals surface area contributed by atoms with Crippen LogP contribution < -0.4 is 24.3 Å². The molecule has 0 amide bonds. The topological polar surface area (TPSA) is 47.9 Å². The fourth-order valence-corrected chi connectivity index (χ4v) is 5.73. The van der Waals surface area contributed by atoms with Crippen LogP contribution in [0, 0.1) is 0 Å². The van der Waals surface area contributed by atoms with Gasteiger partial charge in [-0.05, 0) is 28.8 Å². The maximum atomic E-state index is 10.2. The Morgan fingerprint density at radius 2 is 1.38 bits per heavy atom. The summed E-state index contributed by atoms with van der Waals surface area (Å²) in [5.74, 6) is 2.05. The first-order valence-corrected chi connectivity index (χ1v) is 12.3. The Morgan fingerprint density at radius 1 is 0.844 bits per heavy atom. The molecule has 0 spiro atoms. The van der Waals surface area contributed by atoms with Crippen LogP contribution in [0.1, 0.15) is 38.8 Å². The lowest BCUT2D eigenvalue weighted by Crippen LogP contribution is -2.47. The Bertz CT molecular complexity index is 972. The summed E-state index contributed by atoms with van der Waals surface area (Å²) in [5, 5.41) is 12.5. The highest BCUT2D eigenvalue weighted by molar-refractivity contribution is 6.80. The van der Waals surface area contributed by atoms with Crippen LogP contribution in [0.5, 0.6) is 17.2 Å². The van der Waals surface area contributed by atoms with Gasteiger partial charge in [0.15, 0.2) is 11.5 Å². The van der Waals surface area contributed by atoms with Gasteiger partial charge in [-0.1, -0.05) is 81.4 Å². The maximum absolute atomic E-state index is 10.2. The van der Waals surface area contributed by atoms with Crippen molar-refractivity contribution in [3.05, 3.63) is 77.9 Å². The maximum Gasteiger partial charge on any atom is 0.352 e. The summed E-state index contributed by atoms with van der Waals surface area (Å²) >= 11 is 0. The summed E-state index contributed by atoms with van der Waals surface area (Å²) in [6.45, 7) is 8.22. The SMILES string of the molecule is COc1cc(C(C)(C)C)c(O[Si](c2ccccc2)c2ccccc2)c(OC)c1CC(C)O. The third-order valence-electron chi connectivity index (χ3n) is 5.31. The van der Waals surface area contributed by atoms with E-state index in [1.165, 1.54) is 0 Å². The van der Waals surface area contributed by atoms with Gasteiger partial charge in [-0.25, -0.2) is 0 Å². The van der Waals surface area contributed by atoms with Crippen LogP contribution in [0.2, 0.25) is 0 Å². The summed E-state index contributed by atoms with van der Waals surface area (Å²) in [5.41, 5.74) is 1.62. The van der Waals surface area contributed by atoms with E-state index in [9.17, 15) is 5.11 Å². The molecule has 0 heterocycles. The predicted octanol–water partition coefficient (Wildman–Crippen LogP) is 4.11. The zero-order valence-electron chi connectivity index (χ0n) is 19.8. The lowest BCUT2D eigenvalue weighted by Gasteiger charge is -2.30.